The van der Waals surface area contributed by atoms with Crippen molar-refractivity contribution >= 4 is 34.1 Å². The van der Waals surface area contributed by atoms with E-state index in [1.165, 1.54) is 11.3 Å². The minimum Gasteiger partial charge on any atom is -0.335 e. The van der Waals surface area contributed by atoms with E-state index in [1.807, 2.05) is 28.9 Å². The molecular weight excluding hydrogens is 306 g/mol. The normalized spacial score (nSPS) is 11.3. The van der Waals surface area contributed by atoms with E-state index in [0.29, 0.717) is 6.54 Å². The van der Waals surface area contributed by atoms with E-state index in [2.05, 4.69) is 20.1 Å². The van der Waals surface area contributed by atoms with Crippen molar-refractivity contribution in [3.63, 3.8) is 0 Å². The van der Waals surface area contributed by atoms with E-state index in [-0.39, 0.29) is 0 Å². The van der Waals surface area contributed by atoms with Crippen LogP contribution < -0.4 is 0 Å². The zero-order chi connectivity index (χ0) is 14.2. The van der Waals surface area contributed by atoms with Crippen LogP contribution in [0.3, 0.4) is 0 Å². The summed E-state index contributed by atoms with van der Waals surface area (Å²) in [4.78, 5) is 13.0. The lowest BCUT2D eigenvalue weighted by molar-refractivity contribution is 0.704. The number of aromatic amines is 1. The van der Waals surface area contributed by atoms with Crippen LogP contribution in [0.2, 0.25) is 4.34 Å². The zero-order valence-electron chi connectivity index (χ0n) is 10.8. The van der Waals surface area contributed by atoms with Crippen molar-refractivity contribution in [1.29, 1.82) is 0 Å². The molecule has 0 spiro atoms. The van der Waals surface area contributed by atoms with Crippen LogP contribution in [0.1, 0.15) is 5.56 Å². The third-order valence-electron chi connectivity index (χ3n) is 3.17. The summed E-state index contributed by atoms with van der Waals surface area (Å²) in [7, 11) is 0. The van der Waals surface area contributed by atoms with Crippen molar-refractivity contribution < 1.29 is 0 Å². The molecule has 0 aromatic carbocycles. The van der Waals surface area contributed by atoms with Gasteiger partial charge in [-0.15, -0.1) is 11.3 Å². The lowest BCUT2D eigenvalue weighted by Crippen LogP contribution is -2.01. The topological polar surface area (TPSA) is 59.4 Å². The second-order valence-electron chi connectivity index (χ2n) is 4.58. The quantitative estimate of drug-likeness (QED) is 0.628. The summed E-state index contributed by atoms with van der Waals surface area (Å²) in [6, 6.07) is 7.78. The third-order valence-corrected chi connectivity index (χ3v) is 4.41. The molecule has 0 saturated carbocycles. The fraction of sp³-hybridized carbons (Fsp3) is 0.0714. The number of nitrogens with zero attached hydrogens (tertiary/aromatic N) is 4. The summed E-state index contributed by atoms with van der Waals surface area (Å²) < 4.78 is 2.63. The van der Waals surface area contributed by atoms with Gasteiger partial charge in [0, 0.05) is 12.4 Å². The maximum absolute atomic E-state index is 5.97. The number of pyridine rings is 1. The van der Waals surface area contributed by atoms with Gasteiger partial charge in [0.1, 0.15) is 5.52 Å². The van der Waals surface area contributed by atoms with Crippen molar-refractivity contribution in [3.05, 3.63) is 52.8 Å². The Bertz CT molecular complexity index is 893. The van der Waals surface area contributed by atoms with Gasteiger partial charge < -0.3 is 4.98 Å². The van der Waals surface area contributed by atoms with Crippen molar-refractivity contribution in [2.45, 2.75) is 6.54 Å². The molecule has 0 bridgehead atoms. The van der Waals surface area contributed by atoms with Gasteiger partial charge in [-0.2, -0.15) is 5.10 Å². The molecule has 0 atom stereocenters. The van der Waals surface area contributed by atoms with Crippen LogP contribution in [0.5, 0.6) is 0 Å². The van der Waals surface area contributed by atoms with Gasteiger partial charge in [-0.05, 0) is 29.8 Å². The number of hydrogen-bond donors (Lipinski definition) is 1. The van der Waals surface area contributed by atoms with Crippen LogP contribution in [0, 0.1) is 0 Å². The van der Waals surface area contributed by atoms with Crippen LogP contribution in [0.4, 0.5) is 0 Å². The summed E-state index contributed by atoms with van der Waals surface area (Å²) in [5, 5.41) is 4.37. The zero-order valence-corrected chi connectivity index (χ0v) is 12.4. The van der Waals surface area contributed by atoms with E-state index in [4.69, 9.17) is 11.6 Å². The van der Waals surface area contributed by atoms with E-state index in [0.717, 1.165) is 31.8 Å². The van der Waals surface area contributed by atoms with Crippen LogP contribution >= 0.6 is 22.9 Å². The van der Waals surface area contributed by atoms with Gasteiger partial charge in [0.15, 0.2) is 11.5 Å². The summed E-state index contributed by atoms with van der Waals surface area (Å²) in [6.45, 7) is 0.668. The molecule has 0 aliphatic heterocycles. The number of nitrogens with one attached hydrogen (secondary N) is 1. The van der Waals surface area contributed by atoms with Gasteiger partial charge in [-0.25, -0.2) is 9.67 Å². The Labute approximate surface area is 129 Å². The highest BCUT2D eigenvalue weighted by Crippen LogP contribution is 2.30. The molecular formula is C14H10ClN5S. The molecule has 4 rings (SSSR count). The Morgan fingerprint density at radius 2 is 2.05 bits per heavy atom. The van der Waals surface area contributed by atoms with Crippen LogP contribution in [-0.4, -0.2) is 24.7 Å². The predicted molar refractivity (Wildman–Crippen MR) is 83.5 cm³/mol. The summed E-state index contributed by atoms with van der Waals surface area (Å²) in [5.41, 5.74) is 2.90. The summed E-state index contributed by atoms with van der Waals surface area (Å²) in [5.74, 6) is 0.822. The first-order valence-corrected chi connectivity index (χ1v) is 7.55. The van der Waals surface area contributed by atoms with Gasteiger partial charge in [-0.3, -0.25) is 4.98 Å². The molecule has 5 nitrogen and oxygen atoms in total. The van der Waals surface area contributed by atoms with Gasteiger partial charge in [0.2, 0.25) is 0 Å². The highest BCUT2D eigenvalue weighted by molar-refractivity contribution is 7.19. The molecule has 4 heterocycles. The number of imidazole rings is 1. The monoisotopic (exact) mass is 315 g/mol. The van der Waals surface area contributed by atoms with Crippen molar-refractivity contribution in [2.75, 3.05) is 0 Å². The van der Waals surface area contributed by atoms with Gasteiger partial charge >= 0.3 is 0 Å². The molecule has 0 aliphatic rings. The molecule has 0 unspecified atom stereocenters. The van der Waals surface area contributed by atoms with Gasteiger partial charge in [0.25, 0.3) is 0 Å². The standard InChI is InChI=1S/C14H10ClN5S/c15-12-2-1-11(21-12)13-18-10-7-17-20(14(10)19-13)8-9-3-5-16-6-4-9/h1-7H,8H2,(H,18,19). The van der Waals surface area contributed by atoms with Crippen molar-refractivity contribution in [2.24, 2.45) is 0 Å². The number of H-pyrrole nitrogens is 1. The number of thiophene rings is 1. The summed E-state index contributed by atoms with van der Waals surface area (Å²) in [6.07, 6.45) is 5.35. The maximum Gasteiger partial charge on any atom is 0.177 e. The van der Waals surface area contributed by atoms with Gasteiger partial charge in [-0.1, -0.05) is 11.6 Å². The number of halogens is 1. The van der Waals surface area contributed by atoms with E-state index < -0.39 is 0 Å². The highest BCUT2D eigenvalue weighted by atomic mass is 35.5. The smallest absolute Gasteiger partial charge is 0.177 e. The average molecular weight is 316 g/mol. The fourth-order valence-corrected chi connectivity index (χ4v) is 3.17. The molecule has 0 aliphatic carbocycles. The minimum absolute atomic E-state index is 0.668. The van der Waals surface area contributed by atoms with Crippen LogP contribution in [0.25, 0.3) is 21.9 Å². The SMILES string of the molecule is Clc1ccc(-c2nc3c(cnn3Cc3ccncc3)[nH]2)s1. The highest BCUT2D eigenvalue weighted by Gasteiger charge is 2.12. The first kappa shape index (κ1) is 12.6. The molecule has 0 saturated heterocycles. The van der Waals surface area contributed by atoms with Crippen LogP contribution in [0.15, 0.2) is 42.9 Å². The fourth-order valence-electron chi connectivity index (χ4n) is 2.18. The second kappa shape index (κ2) is 4.98. The number of hydrogen-bond acceptors (Lipinski definition) is 4. The lowest BCUT2D eigenvalue weighted by Gasteiger charge is -2.01. The molecule has 0 radical (unpaired) electrons. The molecule has 4 aromatic rings. The molecule has 0 fully saturated rings. The number of rotatable bonds is 3. The molecule has 21 heavy (non-hydrogen) atoms. The largest absolute Gasteiger partial charge is 0.335 e. The van der Waals surface area contributed by atoms with Crippen molar-refractivity contribution in [1.82, 2.24) is 24.7 Å². The van der Waals surface area contributed by atoms with Gasteiger partial charge in [0.05, 0.1) is 22.0 Å². The Hall–Kier alpha value is -2.18. The van der Waals surface area contributed by atoms with E-state index in [9.17, 15) is 0 Å². The number of fused-ring (bicyclic) bond motifs is 1. The third kappa shape index (κ3) is 2.32. The first-order chi connectivity index (χ1) is 10.3. The predicted octanol–water partition coefficient (Wildman–Crippen LogP) is 3.58. The first-order valence-electron chi connectivity index (χ1n) is 6.36. The number of aromatic nitrogens is 5. The Kier molecular flexibility index (Phi) is 2.98. The molecule has 0 amide bonds. The second-order valence-corrected chi connectivity index (χ2v) is 6.30. The van der Waals surface area contributed by atoms with Crippen LogP contribution in [-0.2, 0) is 6.54 Å². The van der Waals surface area contributed by atoms with Crippen molar-refractivity contribution in [3.8, 4) is 10.7 Å². The Morgan fingerprint density at radius 1 is 1.19 bits per heavy atom. The average Bonchev–Trinajstić information content (AvgIpc) is 3.17. The van der Waals surface area contributed by atoms with E-state index in [1.54, 1.807) is 18.6 Å². The minimum atomic E-state index is 0.668. The molecule has 4 aromatic heterocycles. The maximum atomic E-state index is 5.97. The van der Waals surface area contributed by atoms with E-state index >= 15 is 0 Å². The Balaban J connectivity index is 1.73. The Morgan fingerprint density at radius 3 is 2.81 bits per heavy atom. The molecule has 7 heteroatoms. The molecule has 1 N–H and O–H groups in total. The lowest BCUT2D eigenvalue weighted by atomic mass is 10.3. The molecule has 104 valence electrons. The summed E-state index contributed by atoms with van der Waals surface area (Å²) >= 11 is 7.48.